The summed E-state index contributed by atoms with van der Waals surface area (Å²) in [5.74, 6) is -1.82. The number of benzene rings is 2. The van der Waals surface area contributed by atoms with Crippen LogP contribution in [0.5, 0.6) is 0 Å². The average molecular weight is 476 g/mol. The summed E-state index contributed by atoms with van der Waals surface area (Å²) in [6, 6.07) is 11.1. The van der Waals surface area contributed by atoms with Crippen molar-refractivity contribution >= 4 is 11.8 Å². The molecule has 0 saturated carbocycles. The average Bonchev–Trinajstić information content (AvgIpc) is 3.14. The molecule has 35 heavy (non-hydrogen) atoms. The Morgan fingerprint density at radius 1 is 1.00 bits per heavy atom. The summed E-state index contributed by atoms with van der Waals surface area (Å²) in [6.45, 7) is 3.17. The molecule has 3 aliphatic heterocycles. The number of carbonyl (C=O) groups is 2. The van der Waals surface area contributed by atoms with E-state index in [1.807, 2.05) is 29.2 Å². The number of hydrogen-bond acceptors (Lipinski definition) is 5. The first-order valence-corrected chi connectivity index (χ1v) is 11.5. The molecule has 1 aromatic heterocycles. The lowest BCUT2D eigenvalue weighted by Crippen LogP contribution is -2.67. The monoisotopic (exact) mass is 476 g/mol. The minimum atomic E-state index is -0.764. The second-order valence-electron chi connectivity index (χ2n) is 9.51. The van der Waals surface area contributed by atoms with E-state index in [9.17, 15) is 18.4 Å². The molecule has 2 aromatic carbocycles. The van der Waals surface area contributed by atoms with Gasteiger partial charge < -0.3 is 15.0 Å². The zero-order valence-electron chi connectivity index (χ0n) is 18.8. The summed E-state index contributed by atoms with van der Waals surface area (Å²) in [5.41, 5.74) is 2.79. The number of nitrogens with one attached hydrogen (secondary N) is 1. The Labute approximate surface area is 200 Å². The number of rotatable bonds is 5. The van der Waals surface area contributed by atoms with Crippen molar-refractivity contribution < 1.29 is 23.1 Å². The molecule has 2 amide bonds. The molecule has 4 heterocycles. The van der Waals surface area contributed by atoms with Crippen LogP contribution in [0.4, 0.5) is 8.78 Å². The van der Waals surface area contributed by atoms with E-state index in [2.05, 4.69) is 15.3 Å². The molecule has 1 N–H and O–H groups in total. The van der Waals surface area contributed by atoms with Crippen molar-refractivity contribution in [2.24, 2.45) is 5.41 Å². The molecule has 0 atom stereocenters. The maximum Gasteiger partial charge on any atom is 0.255 e. The SMILES string of the molecule is O=C1NCc2nc(-c3c(F)cccc3F)nc(Cc3ccc(CC(=O)N4CC5(COC5)C4)cc3)c21. The number of amides is 2. The highest BCUT2D eigenvalue weighted by molar-refractivity contribution is 5.99. The molecular formula is C26H22F2N4O3. The lowest BCUT2D eigenvalue weighted by atomic mass is 9.78. The van der Waals surface area contributed by atoms with E-state index in [4.69, 9.17) is 4.74 Å². The molecule has 2 saturated heterocycles. The van der Waals surface area contributed by atoms with Gasteiger partial charge in [0, 0.05) is 19.5 Å². The third-order valence-corrected chi connectivity index (χ3v) is 6.86. The van der Waals surface area contributed by atoms with Crippen molar-refractivity contribution in [1.29, 1.82) is 0 Å². The highest BCUT2D eigenvalue weighted by atomic mass is 19.1. The van der Waals surface area contributed by atoms with Crippen molar-refractivity contribution in [3.05, 3.63) is 82.2 Å². The third kappa shape index (κ3) is 3.85. The number of nitrogens with zero attached hydrogens (tertiary/aromatic N) is 3. The van der Waals surface area contributed by atoms with Crippen LogP contribution in [0.15, 0.2) is 42.5 Å². The van der Waals surface area contributed by atoms with Gasteiger partial charge in [-0.2, -0.15) is 0 Å². The van der Waals surface area contributed by atoms with Crippen LogP contribution in [0.3, 0.4) is 0 Å². The van der Waals surface area contributed by atoms with Gasteiger partial charge in [-0.1, -0.05) is 30.3 Å². The first kappa shape index (κ1) is 21.8. The van der Waals surface area contributed by atoms with E-state index in [0.29, 0.717) is 23.4 Å². The molecule has 1 spiro atoms. The van der Waals surface area contributed by atoms with Crippen LogP contribution in [0.25, 0.3) is 11.4 Å². The molecule has 2 fully saturated rings. The van der Waals surface area contributed by atoms with Crippen LogP contribution in [0.2, 0.25) is 0 Å². The van der Waals surface area contributed by atoms with Crippen molar-refractivity contribution in [1.82, 2.24) is 20.2 Å². The second kappa shape index (κ2) is 8.20. The predicted molar refractivity (Wildman–Crippen MR) is 121 cm³/mol. The largest absolute Gasteiger partial charge is 0.380 e. The smallest absolute Gasteiger partial charge is 0.255 e. The van der Waals surface area contributed by atoms with Gasteiger partial charge in [0.05, 0.1) is 54.1 Å². The van der Waals surface area contributed by atoms with Crippen LogP contribution in [0.1, 0.15) is 32.9 Å². The highest BCUT2D eigenvalue weighted by Gasteiger charge is 2.50. The first-order chi connectivity index (χ1) is 16.9. The van der Waals surface area contributed by atoms with Crippen molar-refractivity contribution in [3.8, 4) is 11.4 Å². The molecule has 178 valence electrons. The highest BCUT2D eigenvalue weighted by Crippen LogP contribution is 2.37. The number of aromatic nitrogens is 2. The standard InChI is InChI=1S/C26H22F2N4O3/c27-17-2-1-3-18(28)22(17)24-30-19(23-20(31-24)10-29-25(23)34)8-15-4-6-16(7-5-15)9-21(33)32-11-26(12-32)13-35-14-26/h1-7H,8-14H2,(H,29,34). The summed E-state index contributed by atoms with van der Waals surface area (Å²) >= 11 is 0. The topological polar surface area (TPSA) is 84.4 Å². The van der Waals surface area contributed by atoms with Crippen LogP contribution in [-0.2, 0) is 28.9 Å². The summed E-state index contributed by atoms with van der Waals surface area (Å²) in [4.78, 5) is 35.5. The van der Waals surface area contributed by atoms with Crippen LogP contribution < -0.4 is 5.32 Å². The molecule has 9 heteroatoms. The van der Waals surface area contributed by atoms with Gasteiger partial charge in [0.25, 0.3) is 5.91 Å². The molecule has 7 nitrogen and oxygen atoms in total. The zero-order chi connectivity index (χ0) is 24.2. The van der Waals surface area contributed by atoms with Gasteiger partial charge in [-0.3, -0.25) is 9.59 Å². The Hall–Kier alpha value is -3.72. The molecule has 3 aliphatic rings. The van der Waals surface area contributed by atoms with E-state index < -0.39 is 11.6 Å². The third-order valence-electron chi connectivity index (χ3n) is 6.86. The Morgan fingerprint density at radius 2 is 1.69 bits per heavy atom. The minimum absolute atomic E-state index is 0.0859. The van der Waals surface area contributed by atoms with E-state index in [1.165, 1.54) is 6.07 Å². The summed E-state index contributed by atoms with van der Waals surface area (Å²) < 4.78 is 34.0. The number of halogens is 2. The van der Waals surface area contributed by atoms with Crippen LogP contribution in [0, 0.1) is 17.0 Å². The van der Waals surface area contributed by atoms with E-state index in [-0.39, 0.29) is 41.6 Å². The minimum Gasteiger partial charge on any atom is -0.380 e. The number of ether oxygens (including phenoxy) is 1. The molecule has 6 rings (SSSR count). The molecule has 0 bridgehead atoms. The van der Waals surface area contributed by atoms with E-state index in [1.54, 1.807) is 0 Å². The van der Waals surface area contributed by atoms with Gasteiger partial charge in [0.2, 0.25) is 5.91 Å². The number of hydrogen-bond donors (Lipinski definition) is 1. The van der Waals surface area contributed by atoms with Crippen LogP contribution in [-0.4, -0.2) is 53.0 Å². The second-order valence-corrected chi connectivity index (χ2v) is 9.51. The van der Waals surface area contributed by atoms with Gasteiger partial charge >= 0.3 is 0 Å². The van der Waals surface area contributed by atoms with Gasteiger partial charge in [0.1, 0.15) is 11.6 Å². The van der Waals surface area contributed by atoms with E-state index in [0.717, 1.165) is 49.6 Å². The van der Waals surface area contributed by atoms with Crippen molar-refractivity contribution in [3.63, 3.8) is 0 Å². The Bertz CT molecular complexity index is 1330. The number of fused-ring (bicyclic) bond motifs is 1. The van der Waals surface area contributed by atoms with Gasteiger partial charge in [-0.25, -0.2) is 18.7 Å². The summed E-state index contributed by atoms with van der Waals surface area (Å²) in [6.07, 6.45) is 0.601. The molecule has 0 radical (unpaired) electrons. The fourth-order valence-electron chi connectivity index (χ4n) is 4.92. The molecule has 3 aromatic rings. The molecule has 0 aliphatic carbocycles. The Balaban J connectivity index is 1.22. The van der Waals surface area contributed by atoms with Crippen molar-refractivity contribution in [2.45, 2.75) is 19.4 Å². The predicted octanol–water partition coefficient (Wildman–Crippen LogP) is 2.66. The quantitative estimate of drug-likeness (QED) is 0.612. The summed E-state index contributed by atoms with van der Waals surface area (Å²) in [7, 11) is 0. The zero-order valence-corrected chi connectivity index (χ0v) is 18.8. The lowest BCUT2D eigenvalue weighted by molar-refractivity contribution is -0.194. The fourth-order valence-corrected chi connectivity index (χ4v) is 4.92. The lowest BCUT2D eigenvalue weighted by Gasteiger charge is -2.55. The number of likely N-dealkylation sites (tertiary alicyclic amines) is 1. The normalized spacial score (nSPS) is 17.5. The van der Waals surface area contributed by atoms with E-state index >= 15 is 0 Å². The first-order valence-electron chi connectivity index (χ1n) is 11.5. The Morgan fingerprint density at radius 3 is 2.34 bits per heavy atom. The molecule has 0 unspecified atom stereocenters. The van der Waals surface area contributed by atoms with Gasteiger partial charge in [-0.05, 0) is 23.3 Å². The van der Waals surface area contributed by atoms with Crippen molar-refractivity contribution in [2.75, 3.05) is 26.3 Å². The maximum absolute atomic E-state index is 14.4. The maximum atomic E-state index is 14.4. The summed E-state index contributed by atoms with van der Waals surface area (Å²) in [5, 5.41) is 2.71. The Kier molecular flexibility index (Phi) is 5.10. The number of carbonyl (C=O) groups excluding carboxylic acids is 2. The van der Waals surface area contributed by atoms with Gasteiger partial charge in [0.15, 0.2) is 5.82 Å². The van der Waals surface area contributed by atoms with Crippen LogP contribution >= 0.6 is 0 Å². The van der Waals surface area contributed by atoms with Gasteiger partial charge in [-0.15, -0.1) is 0 Å². The molecular weight excluding hydrogens is 454 g/mol. The fraction of sp³-hybridized carbons (Fsp3) is 0.308.